The van der Waals surface area contributed by atoms with Crippen LogP contribution in [-0.4, -0.2) is 25.8 Å². The first-order valence-corrected chi connectivity index (χ1v) is 4.18. The lowest BCUT2D eigenvalue weighted by atomic mass is 10.0. The van der Waals surface area contributed by atoms with E-state index in [4.69, 9.17) is 5.11 Å². The molecule has 1 atom stereocenters. The van der Waals surface area contributed by atoms with Crippen LogP contribution in [0.3, 0.4) is 0 Å². The zero-order chi connectivity index (χ0) is 9.84. The van der Waals surface area contributed by atoms with Gasteiger partial charge in [-0.1, -0.05) is 13.8 Å². The van der Waals surface area contributed by atoms with Gasteiger partial charge >= 0.3 is 5.97 Å². The average Bonchev–Trinajstić information content (AvgIpc) is 2.50. The number of aliphatic carboxylic acids is 1. The molecule has 1 aromatic rings. The molecule has 13 heavy (non-hydrogen) atoms. The normalized spacial score (nSPS) is 13.2. The Bertz CT molecular complexity index is 269. The topological polar surface area (TPSA) is 68.0 Å². The van der Waals surface area contributed by atoms with Crippen LogP contribution in [0.5, 0.6) is 0 Å². The van der Waals surface area contributed by atoms with E-state index in [1.54, 1.807) is 0 Å². The summed E-state index contributed by atoms with van der Waals surface area (Å²) in [4.78, 5) is 10.9. The molecule has 5 heteroatoms. The SMILES string of the molecule is CC(C)CC(C(=O)O)n1cnnc1. The summed E-state index contributed by atoms with van der Waals surface area (Å²) in [6.07, 6.45) is 3.45. The number of nitrogens with zero attached hydrogens (tertiary/aromatic N) is 3. The third-order valence-corrected chi connectivity index (χ3v) is 1.78. The number of rotatable bonds is 4. The first-order valence-electron chi connectivity index (χ1n) is 4.18. The molecule has 1 rings (SSSR count). The van der Waals surface area contributed by atoms with E-state index in [1.807, 2.05) is 13.8 Å². The van der Waals surface area contributed by atoms with Crippen LogP contribution >= 0.6 is 0 Å². The summed E-state index contributed by atoms with van der Waals surface area (Å²) in [5.74, 6) is -0.503. The highest BCUT2D eigenvalue weighted by Crippen LogP contribution is 2.16. The number of carboxylic acids is 1. The highest BCUT2D eigenvalue weighted by Gasteiger charge is 2.20. The minimum Gasteiger partial charge on any atom is -0.480 e. The Balaban J connectivity index is 2.75. The van der Waals surface area contributed by atoms with Crippen LogP contribution in [-0.2, 0) is 4.79 Å². The quantitative estimate of drug-likeness (QED) is 0.754. The predicted octanol–water partition coefficient (Wildman–Crippen LogP) is 0.950. The van der Waals surface area contributed by atoms with E-state index >= 15 is 0 Å². The summed E-state index contributed by atoms with van der Waals surface area (Å²) in [5.41, 5.74) is 0. The van der Waals surface area contributed by atoms with Crippen molar-refractivity contribution in [3.8, 4) is 0 Å². The van der Waals surface area contributed by atoms with E-state index in [9.17, 15) is 4.79 Å². The molecule has 1 aromatic heterocycles. The van der Waals surface area contributed by atoms with Gasteiger partial charge in [0.2, 0.25) is 0 Å². The van der Waals surface area contributed by atoms with Gasteiger partial charge in [0, 0.05) is 0 Å². The second-order valence-electron chi connectivity index (χ2n) is 3.39. The number of carboxylic acid groups (broad SMARTS) is 1. The Labute approximate surface area is 76.4 Å². The van der Waals surface area contributed by atoms with Crippen LogP contribution in [0, 0.1) is 5.92 Å². The standard InChI is InChI=1S/C8H13N3O2/c1-6(2)3-7(8(12)13)11-4-9-10-5-11/h4-7H,3H2,1-2H3,(H,12,13). The molecule has 0 spiro atoms. The second kappa shape index (κ2) is 4.02. The fourth-order valence-electron chi connectivity index (χ4n) is 1.17. The summed E-state index contributed by atoms with van der Waals surface area (Å²) in [6, 6.07) is -0.546. The van der Waals surface area contributed by atoms with E-state index in [1.165, 1.54) is 17.2 Å². The maximum absolute atomic E-state index is 10.9. The van der Waals surface area contributed by atoms with E-state index < -0.39 is 12.0 Å². The van der Waals surface area contributed by atoms with Crippen molar-refractivity contribution in [1.82, 2.24) is 14.8 Å². The van der Waals surface area contributed by atoms with Crippen LogP contribution in [0.15, 0.2) is 12.7 Å². The fraction of sp³-hybridized carbons (Fsp3) is 0.625. The van der Waals surface area contributed by atoms with Crippen LogP contribution in [0.25, 0.3) is 0 Å². The van der Waals surface area contributed by atoms with Crippen LogP contribution < -0.4 is 0 Å². The molecule has 0 aromatic carbocycles. The van der Waals surface area contributed by atoms with Crippen molar-refractivity contribution in [2.24, 2.45) is 5.92 Å². The first-order chi connectivity index (χ1) is 6.11. The van der Waals surface area contributed by atoms with Crippen molar-refractivity contribution in [3.63, 3.8) is 0 Å². The van der Waals surface area contributed by atoms with Crippen LogP contribution in [0.4, 0.5) is 0 Å². The van der Waals surface area contributed by atoms with E-state index in [-0.39, 0.29) is 0 Å². The third kappa shape index (κ3) is 2.54. The predicted molar refractivity (Wildman–Crippen MR) is 46.1 cm³/mol. The van der Waals surface area contributed by atoms with Gasteiger partial charge in [-0.25, -0.2) is 4.79 Å². The van der Waals surface area contributed by atoms with Crippen molar-refractivity contribution in [1.29, 1.82) is 0 Å². The van der Waals surface area contributed by atoms with Gasteiger partial charge in [0.1, 0.15) is 18.7 Å². The molecule has 0 fully saturated rings. The fourth-order valence-corrected chi connectivity index (χ4v) is 1.17. The molecule has 1 heterocycles. The Morgan fingerprint density at radius 1 is 1.46 bits per heavy atom. The van der Waals surface area contributed by atoms with Gasteiger partial charge in [0.25, 0.3) is 0 Å². The molecule has 5 nitrogen and oxygen atoms in total. The monoisotopic (exact) mass is 183 g/mol. The van der Waals surface area contributed by atoms with Crippen molar-refractivity contribution >= 4 is 5.97 Å². The van der Waals surface area contributed by atoms with Gasteiger partial charge in [0.05, 0.1) is 0 Å². The van der Waals surface area contributed by atoms with Crippen molar-refractivity contribution < 1.29 is 9.90 Å². The van der Waals surface area contributed by atoms with E-state index in [0.717, 1.165) is 0 Å². The number of carbonyl (C=O) groups is 1. The number of aromatic nitrogens is 3. The van der Waals surface area contributed by atoms with Crippen LogP contribution in [0.2, 0.25) is 0 Å². The van der Waals surface area contributed by atoms with Gasteiger partial charge in [-0.05, 0) is 12.3 Å². The highest BCUT2D eigenvalue weighted by atomic mass is 16.4. The smallest absolute Gasteiger partial charge is 0.326 e. The average molecular weight is 183 g/mol. The summed E-state index contributed by atoms with van der Waals surface area (Å²) >= 11 is 0. The maximum Gasteiger partial charge on any atom is 0.326 e. The minimum atomic E-state index is -0.839. The molecule has 0 aliphatic rings. The summed E-state index contributed by atoms with van der Waals surface area (Å²) in [5, 5.41) is 16.1. The molecule has 0 aliphatic carbocycles. The molecule has 72 valence electrons. The Kier molecular flexibility index (Phi) is 3.00. The van der Waals surface area contributed by atoms with Crippen LogP contribution in [0.1, 0.15) is 26.3 Å². The largest absolute Gasteiger partial charge is 0.480 e. The van der Waals surface area contributed by atoms with Gasteiger partial charge in [-0.3, -0.25) is 0 Å². The number of hydrogen-bond donors (Lipinski definition) is 1. The Morgan fingerprint density at radius 2 is 2.00 bits per heavy atom. The van der Waals surface area contributed by atoms with Gasteiger partial charge < -0.3 is 9.67 Å². The van der Waals surface area contributed by atoms with E-state index in [2.05, 4.69) is 10.2 Å². The summed E-state index contributed by atoms with van der Waals surface area (Å²) in [7, 11) is 0. The zero-order valence-corrected chi connectivity index (χ0v) is 7.71. The highest BCUT2D eigenvalue weighted by molar-refractivity contribution is 5.71. The second-order valence-corrected chi connectivity index (χ2v) is 3.39. The Hall–Kier alpha value is -1.39. The molecule has 0 radical (unpaired) electrons. The zero-order valence-electron chi connectivity index (χ0n) is 7.71. The van der Waals surface area contributed by atoms with Crippen molar-refractivity contribution in [2.45, 2.75) is 26.3 Å². The molecule has 1 unspecified atom stereocenters. The molecule has 1 N–H and O–H groups in total. The third-order valence-electron chi connectivity index (χ3n) is 1.78. The van der Waals surface area contributed by atoms with Gasteiger partial charge in [-0.2, -0.15) is 0 Å². The van der Waals surface area contributed by atoms with Gasteiger partial charge in [0.15, 0.2) is 0 Å². The number of hydrogen-bond acceptors (Lipinski definition) is 3. The minimum absolute atomic E-state index is 0.337. The molecule has 0 saturated carbocycles. The Morgan fingerprint density at radius 3 is 2.38 bits per heavy atom. The van der Waals surface area contributed by atoms with Crippen molar-refractivity contribution in [2.75, 3.05) is 0 Å². The first kappa shape index (κ1) is 9.70. The molecular formula is C8H13N3O2. The summed E-state index contributed by atoms with van der Waals surface area (Å²) in [6.45, 7) is 3.97. The van der Waals surface area contributed by atoms with Crippen molar-refractivity contribution in [3.05, 3.63) is 12.7 Å². The lowest BCUT2D eigenvalue weighted by Gasteiger charge is -2.14. The molecular weight excluding hydrogens is 170 g/mol. The molecule has 0 saturated heterocycles. The molecule has 0 amide bonds. The maximum atomic E-state index is 10.9. The molecule has 0 aliphatic heterocycles. The summed E-state index contributed by atoms with van der Waals surface area (Å²) < 4.78 is 1.52. The lowest BCUT2D eigenvalue weighted by molar-refractivity contribution is -0.141. The van der Waals surface area contributed by atoms with Gasteiger partial charge in [-0.15, -0.1) is 10.2 Å². The molecule has 0 bridgehead atoms. The lowest BCUT2D eigenvalue weighted by Crippen LogP contribution is -2.19. The van der Waals surface area contributed by atoms with E-state index in [0.29, 0.717) is 12.3 Å².